The molecule has 1 unspecified atom stereocenters. The third-order valence-corrected chi connectivity index (χ3v) is 6.89. The van der Waals surface area contributed by atoms with Gasteiger partial charge in [-0.1, -0.05) is 37.3 Å². The first-order chi connectivity index (χ1) is 15.6. The van der Waals surface area contributed by atoms with Crippen molar-refractivity contribution in [3.63, 3.8) is 0 Å². The van der Waals surface area contributed by atoms with Crippen molar-refractivity contribution < 1.29 is 18.7 Å². The molecule has 6 heteroatoms. The van der Waals surface area contributed by atoms with Gasteiger partial charge < -0.3 is 9.47 Å². The lowest BCUT2D eigenvalue weighted by Crippen LogP contribution is -2.08. The van der Waals surface area contributed by atoms with Crippen LogP contribution in [0.3, 0.4) is 0 Å². The number of esters is 1. The van der Waals surface area contributed by atoms with Gasteiger partial charge in [0.05, 0.1) is 23.6 Å². The predicted molar refractivity (Wildman–Crippen MR) is 125 cm³/mol. The molecule has 1 atom stereocenters. The van der Waals surface area contributed by atoms with Gasteiger partial charge in [0, 0.05) is 11.1 Å². The van der Waals surface area contributed by atoms with Crippen molar-refractivity contribution in [1.82, 2.24) is 4.37 Å². The molecular weight excluding hydrogens is 425 g/mol. The van der Waals surface area contributed by atoms with Crippen molar-refractivity contribution in [3.8, 4) is 17.0 Å². The average Bonchev–Trinajstić information content (AvgIpc) is 3.41. The van der Waals surface area contributed by atoms with Crippen LogP contribution in [0.1, 0.15) is 59.7 Å². The summed E-state index contributed by atoms with van der Waals surface area (Å²) in [5.41, 5.74) is 6.24. The Balaban J connectivity index is 1.48. The molecule has 1 aromatic heterocycles. The van der Waals surface area contributed by atoms with Crippen molar-refractivity contribution >= 4 is 17.5 Å². The number of aryl methyl sites for hydroxylation is 2. The van der Waals surface area contributed by atoms with Gasteiger partial charge in [0.2, 0.25) is 0 Å². The molecule has 32 heavy (non-hydrogen) atoms. The summed E-state index contributed by atoms with van der Waals surface area (Å²) in [5, 5.41) is 0. The number of benzene rings is 2. The summed E-state index contributed by atoms with van der Waals surface area (Å²) in [7, 11) is 0. The van der Waals surface area contributed by atoms with E-state index in [4.69, 9.17) is 9.47 Å². The van der Waals surface area contributed by atoms with Gasteiger partial charge in [0.1, 0.15) is 19.0 Å². The Kier molecular flexibility index (Phi) is 7.20. The summed E-state index contributed by atoms with van der Waals surface area (Å²) in [5.74, 6) is 0.813. The van der Waals surface area contributed by atoms with E-state index in [2.05, 4.69) is 23.4 Å². The van der Waals surface area contributed by atoms with Gasteiger partial charge in [-0.25, -0.2) is 4.39 Å². The molecule has 1 aliphatic rings. The lowest BCUT2D eigenvalue weighted by molar-refractivity contribution is -0.143. The van der Waals surface area contributed by atoms with E-state index in [1.54, 1.807) is 0 Å². The van der Waals surface area contributed by atoms with Crippen LogP contribution in [-0.4, -0.2) is 16.9 Å². The zero-order chi connectivity index (χ0) is 22.5. The van der Waals surface area contributed by atoms with Crippen molar-refractivity contribution in [2.45, 2.75) is 58.7 Å². The molecule has 0 saturated carbocycles. The van der Waals surface area contributed by atoms with Gasteiger partial charge >= 0.3 is 5.97 Å². The minimum absolute atomic E-state index is 0.145. The summed E-state index contributed by atoms with van der Waals surface area (Å²) in [6.45, 7) is 4.07. The second kappa shape index (κ2) is 10.3. The van der Waals surface area contributed by atoms with E-state index < -0.39 is 6.67 Å². The van der Waals surface area contributed by atoms with Crippen LogP contribution in [0.5, 0.6) is 5.75 Å². The Morgan fingerprint density at radius 1 is 1.19 bits per heavy atom. The van der Waals surface area contributed by atoms with E-state index >= 15 is 0 Å². The molecular formula is C26H28FNO3S. The first-order valence-electron chi connectivity index (χ1n) is 11.2. The largest absolute Gasteiger partial charge is 0.489 e. The Labute approximate surface area is 192 Å². The third-order valence-electron chi connectivity index (χ3n) is 6.04. The highest BCUT2D eigenvalue weighted by molar-refractivity contribution is 7.06. The number of hydrogen-bond donors (Lipinski definition) is 0. The molecule has 0 bridgehead atoms. The quantitative estimate of drug-likeness (QED) is 0.352. The van der Waals surface area contributed by atoms with E-state index in [9.17, 15) is 9.18 Å². The van der Waals surface area contributed by atoms with Crippen molar-refractivity contribution in [1.29, 1.82) is 0 Å². The summed E-state index contributed by atoms with van der Waals surface area (Å²) >= 11 is 1.20. The molecule has 0 radical (unpaired) electrons. The molecule has 1 aliphatic carbocycles. The van der Waals surface area contributed by atoms with Gasteiger partial charge in [0.25, 0.3) is 0 Å². The zero-order valence-electron chi connectivity index (χ0n) is 18.5. The van der Waals surface area contributed by atoms with E-state index in [1.165, 1.54) is 28.2 Å². The minimum atomic E-state index is -0.552. The molecule has 0 amide bonds. The van der Waals surface area contributed by atoms with Gasteiger partial charge in [0.15, 0.2) is 0 Å². The number of alkyl halides is 1. The lowest BCUT2D eigenvalue weighted by Gasteiger charge is -2.13. The van der Waals surface area contributed by atoms with Gasteiger partial charge in [-0.05, 0) is 72.5 Å². The van der Waals surface area contributed by atoms with Crippen LogP contribution in [0.25, 0.3) is 11.3 Å². The van der Waals surface area contributed by atoms with E-state index in [0.717, 1.165) is 41.8 Å². The first kappa shape index (κ1) is 22.5. The van der Waals surface area contributed by atoms with Crippen molar-refractivity contribution in [3.05, 3.63) is 69.6 Å². The smallest absolute Gasteiger partial charge is 0.306 e. The van der Waals surface area contributed by atoms with Gasteiger partial charge in [-0.15, -0.1) is 0 Å². The summed E-state index contributed by atoms with van der Waals surface area (Å²) in [6, 6.07) is 14.3. The summed E-state index contributed by atoms with van der Waals surface area (Å²) in [6.07, 6.45) is 3.25. The molecule has 0 spiro atoms. The highest BCUT2D eigenvalue weighted by atomic mass is 32.1. The van der Waals surface area contributed by atoms with Crippen LogP contribution in [-0.2, 0) is 35.7 Å². The van der Waals surface area contributed by atoms with Crippen LogP contribution >= 0.6 is 11.5 Å². The standard InChI is InChI=1S/C26H28FNO3S/c1-3-17-5-7-18(8-6-17)26-23(24(15-27)32-28-26)16-31-21-11-12-22-19(13-21)9-10-20(22)14-25(29)30-4-2/h5-8,11-13,20H,3-4,9-10,14-16H2,1-2H3. The minimum Gasteiger partial charge on any atom is -0.489 e. The number of aromatic nitrogens is 1. The topological polar surface area (TPSA) is 48.4 Å². The summed E-state index contributed by atoms with van der Waals surface area (Å²) in [4.78, 5) is 12.5. The van der Waals surface area contributed by atoms with Crippen LogP contribution in [0.4, 0.5) is 4.39 Å². The SMILES string of the molecule is CCOC(=O)CC1CCc2cc(OCc3c(-c4ccc(CC)cc4)nsc3CF)ccc21. The molecule has 2 aromatic carbocycles. The highest BCUT2D eigenvalue weighted by Crippen LogP contribution is 2.38. The first-order valence-corrected chi connectivity index (χ1v) is 11.9. The third kappa shape index (κ3) is 4.85. The number of ether oxygens (including phenoxy) is 2. The molecule has 3 aromatic rings. The second-order valence-corrected chi connectivity index (χ2v) is 8.87. The molecule has 1 heterocycles. The van der Waals surface area contributed by atoms with Crippen molar-refractivity contribution in [2.75, 3.05) is 6.61 Å². The van der Waals surface area contributed by atoms with E-state index in [-0.39, 0.29) is 18.5 Å². The maximum atomic E-state index is 13.6. The van der Waals surface area contributed by atoms with Crippen molar-refractivity contribution in [2.24, 2.45) is 0 Å². The number of halogens is 1. The molecule has 0 saturated heterocycles. The maximum Gasteiger partial charge on any atom is 0.306 e. The number of hydrogen-bond acceptors (Lipinski definition) is 5. The number of carbonyl (C=O) groups excluding carboxylic acids is 1. The second-order valence-electron chi connectivity index (χ2n) is 8.01. The number of nitrogens with zero attached hydrogens (tertiary/aromatic N) is 1. The number of carbonyl (C=O) groups is 1. The molecule has 4 nitrogen and oxygen atoms in total. The lowest BCUT2D eigenvalue weighted by atomic mass is 9.98. The molecule has 0 aliphatic heterocycles. The van der Waals surface area contributed by atoms with E-state index in [1.807, 2.05) is 37.3 Å². The Bertz CT molecular complexity index is 1080. The predicted octanol–water partition coefficient (Wildman–Crippen LogP) is 6.40. The van der Waals surface area contributed by atoms with E-state index in [0.29, 0.717) is 17.9 Å². The maximum absolute atomic E-state index is 13.6. The van der Waals surface area contributed by atoms with Gasteiger partial charge in [-0.2, -0.15) is 4.37 Å². The Morgan fingerprint density at radius 2 is 2.00 bits per heavy atom. The molecule has 168 valence electrons. The molecule has 0 fully saturated rings. The normalized spacial score (nSPS) is 14.9. The molecule has 0 N–H and O–H groups in total. The Hall–Kier alpha value is -2.73. The average molecular weight is 454 g/mol. The van der Waals surface area contributed by atoms with Crippen LogP contribution < -0.4 is 4.74 Å². The number of rotatable bonds is 9. The van der Waals surface area contributed by atoms with Crippen LogP contribution in [0.15, 0.2) is 42.5 Å². The zero-order valence-corrected chi connectivity index (χ0v) is 19.3. The van der Waals surface area contributed by atoms with Crippen LogP contribution in [0, 0.1) is 0 Å². The fourth-order valence-electron chi connectivity index (χ4n) is 4.28. The van der Waals surface area contributed by atoms with Crippen LogP contribution in [0.2, 0.25) is 0 Å². The fourth-order valence-corrected chi connectivity index (χ4v) is 5.01. The Morgan fingerprint density at radius 3 is 2.72 bits per heavy atom. The summed E-state index contributed by atoms with van der Waals surface area (Å²) < 4.78 is 29.3. The molecule has 4 rings (SSSR count). The number of fused-ring (bicyclic) bond motifs is 1. The van der Waals surface area contributed by atoms with Gasteiger partial charge in [-0.3, -0.25) is 4.79 Å². The fraction of sp³-hybridized carbons (Fsp3) is 0.385. The monoisotopic (exact) mass is 453 g/mol. The highest BCUT2D eigenvalue weighted by Gasteiger charge is 2.26.